The van der Waals surface area contributed by atoms with E-state index in [0.717, 1.165) is 0 Å². The number of ether oxygens (including phenoxy) is 2. The molecular weight excluding hydrogens is 258 g/mol. The molecule has 0 unspecified atom stereocenters. The molecule has 0 rings (SSSR count). The third-order valence-electron chi connectivity index (χ3n) is 1.15. The van der Waals surface area contributed by atoms with E-state index in [1.165, 1.54) is 0 Å². The zero-order chi connectivity index (χ0) is 10.3. The molecule has 0 aliphatic rings. The summed E-state index contributed by atoms with van der Waals surface area (Å²) < 4.78 is 10.4. The Morgan fingerprint density at radius 3 is 1.54 bits per heavy atom. The second-order valence-corrected chi connectivity index (χ2v) is 4.84. The molecule has 6 heteroatoms. The maximum absolute atomic E-state index is 5.47. The van der Waals surface area contributed by atoms with Gasteiger partial charge in [-0.2, -0.15) is 0 Å². The molecule has 0 spiro atoms. The van der Waals surface area contributed by atoms with Crippen molar-refractivity contribution in [1.29, 1.82) is 0 Å². The minimum Gasteiger partial charge on any atom is -0.350 e. The molecule has 0 aromatic heterocycles. The lowest BCUT2D eigenvalue weighted by Crippen LogP contribution is -2.21. The van der Waals surface area contributed by atoms with E-state index in [2.05, 4.69) is 0 Å². The first kappa shape index (κ1) is 14.1. The zero-order valence-electron chi connectivity index (χ0n) is 7.18. The van der Waals surface area contributed by atoms with Crippen LogP contribution in [0.4, 0.5) is 0 Å². The summed E-state index contributed by atoms with van der Waals surface area (Å²) in [5.74, 6) is 0. The first-order valence-corrected chi connectivity index (χ1v) is 5.60. The number of halogens is 4. The molecule has 0 saturated carbocycles. The molecule has 0 aromatic carbocycles. The highest BCUT2D eigenvalue weighted by Gasteiger charge is 2.10. The second kappa shape index (κ2) is 8.39. The Kier molecular flexibility index (Phi) is 9.09. The predicted molar refractivity (Wildman–Crippen MR) is 57.0 cm³/mol. The summed E-state index contributed by atoms with van der Waals surface area (Å²) >= 11 is 21.9. The molecule has 13 heavy (non-hydrogen) atoms. The average molecular weight is 270 g/mol. The summed E-state index contributed by atoms with van der Waals surface area (Å²) in [6.07, 6.45) is 0.348. The second-order valence-electron chi connectivity index (χ2n) is 2.29. The van der Waals surface area contributed by atoms with Gasteiger partial charge in [-0.25, -0.2) is 0 Å². The van der Waals surface area contributed by atoms with Crippen LogP contribution in [-0.2, 0) is 9.47 Å². The van der Waals surface area contributed by atoms with E-state index in [1.54, 1.807) is 0 Å². The predicted octanol–water partition coefficient (Wildman–Crippen LogP) is 3.36. The van der Waals surface area contributed by atoms with Crippen molar-refractivity contribution in [3.63, 3.8) is 0 Å². The molecule has 0 fully saturated rings. The highest BCUT2D eigenvalue weighted by atomic mass is 35.5. The summed E-state index contributed by atoms with van der Waals surface area (Å²) in [4.78, 5) is -1.08. The van der Waals surface area contributed by atoms with E-state index < -0.39 is 9.67 Å². The van der Waals surface area contributed by atoms with Crippen molar-refractivity contribution in [3.05, 3.63) is 0 Å². The number of hydrogen-bond acceptors (Lipinski definition) is 2. The summed E-state index contributed by atoms with van der Waals surface area (Å²) in [6.45, 7) is 2.38. The maximum Gasteiger partial charge on any atom is 0.157 e. The van der Waals surface area contributed by atoms with Crippen LogP contribution in [0.3, 0.4) is 0 Å². The minimum absolute atomic E-state index is 0.233. The monoisotopic (exact) mass is 268 g/mol. The van der Waals surface area contributed by atoms with Crippen LogP contribution in [0.15, 0.2) is 0 Å². The first-order chi connectivity index (χ1) is 6.06. The van der Waals surface area contributed by atoms with Crippen LogP contribution in [0.2, 0.25) is 0 Å². The van der Waals surface area contributed by atoms with Crippen LogP contribution < -0.4 is 0 Å². The summed E-state index contributed by atoms with van der Waals surface area (Å²) in [6, 6.07) is 0. The molecule has 2 nitrogen and oxygen atoms in total. The number of hydrogen-bond donors (Lipinski definition) is 0. The fourth-order valence-corrected chi connectivity index (χ4v) is 0.935. The SMILES string of the molecule is CCC(OCC(Cl)Cl)OCC(Cl)Cl. The van der Waals surface area contributed by atoms with Gasteiger partial charge in [0.25, 0.3) is 0 Å². The molecular formula is C7H12Cl4O2. The Labute approximate surface area is 98.4 Å². The summed E-state index contributed by atoms with van der Waals surface area (Å²) in [7, 11) is 0. The topological polar surface area (TPSA) is 18.5 Å². The molecule has 0 aromatic rings. The molecule has 80 valence electrons. The number of alkyl halides is 4. The van der Waals surface area contributed by atoms with Gasteiger partial charge in [0.2, 0.25) is 0 Å². The fraction of sp³-hybridized carbons (Fsp3) is 1.00. The van der Waals surface area contributed by atoms with E-state index in [0.29, 0.717) is 6.42 Å². The Morgan fingerprint density at radius 2 is 1.31 bits per heavy atom. The summed E-state index contributed by atoms with van der Waals surface area (Å²) in [5, 5.41) is 0. The van der Waals surface area contributed by atoms with Crippen molar-refractivity contribution >= 4 is 46.4 Å². The van der Waals surface area contributed by atoms with Crippen LogP contribution in [0.5, 0.6) is 0 Å². The molecule has 0 aliphatic heterocycles. The standard InChI is InChI=1S/C7H12Cl4O2/c1-2-7(12-3-5(8)9)13-4-6(10)11/h5-7H,2-4H2,1H3. The summed E-state index contributed by atoms with van der Waals surface area (Å²) in [5.41, 5.74) is 0. The molecule has 0 atom stereocenters. The smallest absolute Gasteiger partial charge is 0.157 e. The van der Waals surface area contributed by atoms with E-state index in [1.807, 2.05) is 6.92 Å². The van der Waals surface area contributed by atoms with Gasteiger partial charge in [0.05, 0.1) is 13.2 Å². The van der Waals surface area contributed by atoms with Crippen LogP contribution in [0, 0.1) is 0 Å². The van der Waals surface area contributed by atoms with Crippen molar-refractivity contribution in [2.24, 2.45) is 0 Å². The molecule has 0 amide bonds. The van der Waals surface area contributed by atoms with E-state index in [-0.39, 0.29) is 19.5 Å². The third-order valence-corrected chi connectivity index (χ3v) is 1.65. The lowest BCUT2D eigenvalue weighted by atomic mass is 10.5. The average Bonchev–Trinajstić information content (AvgIpc) is 2.04. The van der Waals surface area contributed by atoms with Gasteiger partial charge in [0.1, 0.15) is 9.67 Å². The van der Waals surface area contributed by atoms with Gasteiger partial charge in [0.15, 0.2) is 6.29 Å². The molecule has 0 radical (unpaired) electrons. The lowest BCUT2D eigenvalue weighted by molar-refractivity contribution is -0.138. The lowest BCUT2D eigenvalue weighted by Gasteiger charge is -2.17. The highest BCUT2D eigenvalue weighted by Crippen LogP contribution is 2.09. The third kappa shape index (κ3) is 9.39. The normalized spacial score (nSPS) is 12.0. The Hall–Kier alpha value is 1.08. The van der Waals surface area contributed by atoms with Crippen LogP contribution in [-0.4, -0.2) is 29.2 Å². The molecule has 0 heterocycles. The number of rotatable bonds is 7. The first-order valence-electron chi connectivity index (χ1n) is 3.85. The highest BCUT2D eigenvalue weighted by molar-refractivity contribution is 6.44. The van der Waals surface area contributed by atoms with Crippen molar-refractivity contribution in [1.82, 2.24) is 0 Å². The van der Waals surface area contributed by atoms with E-state index in [4.69, 9.17) is 55.9 Å². The van der Waals surface area contributed by atoms with Crippen molar-refractivity contribution in [3.8, 4) is 0 Å². The Balaban J connectivity index is 3.51. The van der Waals surface area contributed by atoms with Gasteiger partial charge in [-0.15, -0.1) is 46.4 Å². The van der Waals surface area contributed by atoms with Crippen LogP contribution in [0.1, 0.15) is 13.3 Å². The largest absolute Gasteiger partial charge is 0.350 e. The van der Waals surface area contributed by atoms with Crippen molar-refractivity contribution in [2.75, 3.05) is 13.2 Å². The van der Waals surface area contributed by atoms with Gasteiger partial charge >= 0.3 is 0 Å². The van der Waals surface area contributed by atoms with Gasteiger partial charge in [-0.1, -0.05) is 6.92 Å². The van der Waals surface area contributed by atoms with Crippen LogP contribution >= 0.6 is 46.4 Å². The van der Waals surface area contributed by atoms with Crippen LogP contribution in [0.25, 0.3) is 0 Å². The quantitative estimate of drug-likeness (QED) is 0.521. The van der Waals surface area contributed by atoms with Crippen molar-refractivity contribution in [2.45, 2.75) is 29.3 Å². The fourth-order valence-electron chi connectivity index (χ4n) is 0.644. The Bertz CT molecular complexity index is 109. The van der Waals surface area contributed by atoms with Gasteiger partial charge in [-0.05, 0) is 6.42 Å². The minimum atomic E-state index is -0.541. The van der Waals surface area contributed by atoms with Gasteiger partial charge in [-0.3, -0.25) is 0 Å². The van der Waals surface area contributed by atoms with Gasteiger partial charge in [0, 0.05) is 0 Å². The van der Waals surface area contributed by atoms with Crippen molar-refractivity contribution < 1.29 is 9.47 Å². The molecule has 0 bridgehead atoms. The molecule has 0 saturated heterocycles. The molecule has 0 aliphatic carbocycles. The molecule has 0 N–H and O–H groups in total. The van der Waals surface area contributed by atoms with E-state index >= 15 is 0 Å². The zero-order valence-corrected chi connectivity index (χ0v) is 10.2. The Morgan fingerprint density at radius 1 is 0.923 bits per heavy atom. The van der Waals surface area contributed by atoms with Gasteiger partial charge < -0.3 is 9.47 Å². The van der Waals surface area contributed by atoms with E-state index in [9.17, 15) is 0 Å². The maximum atomic E-state index is 5.47.